The Hall–Kier alpha value is -2.06. The van der Waals surface area contributed by atoms with Gasteiger partial charge >= 0.3 is 6.18 Å². The number of aromatic nitrogens is 2. The molecule has 0 aliphatic heterocycles. The molecule has 0 saturated heterocycles. The summed E-state index contributed by atoms with van der Waals surface area (Å²) in [6.07, 6.45) is -2.43. The van der Waals surface area contributed by atoms with Gasteiger partial charge in [-0.3, -0.25) is 0 Å². The average Bonchev–Trinajstić information content (AvgIpc) is 2.97. The maximum Gasteiger partial charge on any atom is 0.416 e. The molecule has 1 aromatic carbocycles. The molecule has 3 N–H and O–H groups in total. The molecule has 114 valence electrons. The van der Waals surface area contributed by atoms with Crippen molar-refractivity contribution in [2.75, 3.05) is 18.5 Å². The number of halogens is 3. The molecule has 0 fully saturated rings. The van der Waals surface area contributed by atoms with Crippen molar-refractivity contribution in [3.63, 3.8) is 0 Å². The third-order valence-electron chi connectivity index (χ3n) is 2.81. The third-order valence-corrected chi connectivity index (χ3v) is 2.81. The van der Waals surface area contributed by atoms with Crippen LogP contribution in [0.4, 0.5) is 18.9 Å². The quantitative estimate of drug-likeness (QED) is 0.785. The Balaban J connectivity index is 2.36. The molecule has 5 nitrogen and oxygen atoms in total. The van der Waals surface area contributed by atoms with E-state index in [1.807, 2.05) is 0 Å². The lowest BCUT2D eigenvalue weighted by molar-refractivity contribution is -0.137. The topological polar surface area (TPSA) is 70.3 Å². The standard InChI is InChI=1S/C13H14F3N3O2/c14-13(15,16)9-2-3-12(19-5-1-4-18-19)11(6-9)17-7-10(21)8-20/h1-6,10,17,20-21H,7-8H2. The SMILES string of the molecule is OCC(O)CNc1cc(C(F)(F)F)ccc1-n1cccn1. The molecule has 21 heavy (non-hydrogen) atoms. The number of hydrogen-bond acceptors (Lipinski definition) is 4. The van der Waals surface area contributed by atoms with Crippen LogP contribution in [0.3, 0.4) is 0 Å². The van der Waals surface area contributed by atoms with E-state index in [0.717, 1.165) is 12.1 Å². The number of rotatable bonds is 5. The predicted molar refractivity (Wildman–Crippen MR) is 70.1 cm³/mol. The Morgan fingerprint density at radius 2 is 2.10 bits per heavy atom. The number of nitrogens with one attached hydrogen (secondary N) is 1. The number of hydrogen-bond donors (Lipinski definition) is 3. The minimum Gasteiger partial charge on any atom is -0.394 e. The van der Waals surface area contributed by atoms with Crippen LogP contribution in [-0.2, 0) is 6.18 Å². The molecule has 2 rings (SSSR count). The molecule has 0 amide bonds. The molecule has 1 aromatic heterocycles. The number of anilines is 1. The lowest BCUT2D eigenvalue weighted by atomic mass is 10.1. The molecule has 0 aliphatic carbocycles. The van der Waals surface area contributed by atoms with Crippen LogP contribution in [0.25, 0.3) is 5.69 Å². The molecule has 0 spiro atoms. The second kappa shape index (κ2) is 6.15. The summed E-state index contributed by atoms with van der Waals surface area (Å²) in [7, 11) is 0. The highest BCUT2D eigenvalue weighted by Crippen LogP contribution is 2.33. The molecule has 0 saturated carbocycles. The van der Waals surface area contributed by atoms with Crippen molar-refractivity contribution in [1.82, 2.24) is 9.78 Å². The van der Waals surface area contributed by atoms with Gasteiger partial charge in [-0.15, -0.1) is 0 Å². The summed E-state index contributed by atoms with van der Waals surface area (Å²) in [5, 5.41) is 24.7. The van der Waals surface area contributed by atoms with Crippen molar-refractivity contribution < 1.29 is 23.4 Å². The molecular formula is C13H14F3N3O2. The lowest BCUT2D eigenvalue weighted by Crippen LogP contribution is -2.23. The largest absolute Gasteiger partial charge is 0.416 e. The van der Waals surface area contributed by atoms with Crippen LogP contribution >= 0.6 is 0 Å². The van der Waals surface area contributed by atoms with E-state index in [1.54, 1.807) is 12.3 Å². The summed E-state index contributed by atoms with van der Waals surface area (Å²) in [5.74, 6) is 0. The molecule has 0 bridgehead atoms. The van der Waals surface area contributed by atoms with Crippen LogP contribution in [0.2, 0.25) is 0 Å². The molecule has 1 unspecified atom stereocenters. The van der Waals surface area contributed by atoms with Crippen molar-refractivity contribution in [3.05, 3.63) is 42.2 Å². The number of nitrogens with zero attached hydrogens (tertiary/aromatic N) is 2. The first-order valence-corrected chi connectivity index (χ1v) is 6.16. The van der Waals surface area contributed by atoms with E-state index in [1.165, 1.54) is 16.9 Å². The van der Waals surface area contributed by atoms with Crippen molar-refractivity contribution in [1.29, 1.82) is 0 Å². The molecule has 1 atom stereocenters. The number of benzene rings is 1. The summed E-state index contributed by atoms with van der Waals surface area (Å²) in [4.78, 5) is 0. The van der Waals surface area contributed by atoms with Gasteiger partial charge in [-0.1, -0.05) is 0 Å². The van der Waals surface area contributed by atoms with Crippen LogP contribution in [-0.4, -0.2) is 39.2 Å². The number of aliphatic hydroxyl groups excluding tert-OH is 2. The van der Waals surface area contributed by atoms with Gasteiger partial charge in [0.15, 0.2) is 0 Å². The van der Waals surface area contributed by atoms with Crippen molar-refractivity contribution in [2.45, 2.75) is 12.3 Å². The highest BCUT2D eigenvalue weighted by molar-refractivity contribution is 5.62. The van der Waals surface area contributed by atoms with Crippen molar-refractivity contribution in [3.8, 4) is 5.69 Å². The van der Waals surface area contributed by atoms with Gasteiger partial charge in [-0.2, -0.15) is 18.3 Å². The Morgan fingerprint density at radius 3 is 2.67 bits per heavy atom. The summed E-state index contributed by atoms with van der Waals surface area (Å²) in [6, 6.07) is 4.85. The second-order valence-electron chi connectivity index (χ2n) is 4.40. The van der Waals surface area contributed by atoms with Crippen LogP contribution in [0.15, 0.2) is 36.7 Å². The minimum atomic E-state index is -4.46. The van der Waals surface area contributed by atoms with Gasteiger partial charge in [0.05, 0.1) is 29.6 Å². The fourth-order valence-corrected chi connectivity index (χ4v) is 1.76. The van der Waals surface area contributed by atoms with Gasteiger partial charge in [-0.25, -0.2) is 4.68 Å². The van der Waals surface area contributed by atoms with Gasteiger partial charge in [-0.05, 0) is 24.3 Å². The first-order chi connectivity index (χ1) is 9.91. The minimum absolute atomic E-state index is 0.0773. The summed E-state index contributed by atoms with van der Waals surface area (Å²) in [6.45, 7) is -0.560. The fraction of sp³-hybridized carbons (Fsp3) is 0.308. The highest BCUT2D eigenvalue weighted by Gasteiger charge is 2.31. The zero-order valence-electron chi connectivity index (χ0n) is 10.9. The maximum atomic E-state index is 12.8. The smallest absolute Gasteiger partial charge is 0.394 e. The molecular weight excluding hydrogens is 287 g/mol. The zero-order chi connectivity index (χ0) is 15.5. The molecule has 1 heterocycles. The van der Waals surface area contributed by atoms with E-state index >= 15 is 0 Å². The molecule has 2 aromatic rings. The van der Waals surface area contributed by atoms with Gasteiger partial charge < -0.3 is 15.5 Å². The average molecular weight is 301 g/mol. The lowest BCUT2D eigenvalue weighted by Gasteiger charge is -2.16. The van der Waals surface area contributed by atoms with Crippen LogP contribution in [0.5, 0.6) is 0 Å². The first kappa shape index (κ1) is 15.3. The maximum absolute atomic E-state index is 12.8. The Labute approximate surface area is 118 Å². The Kier molecular flexibility index (Phi) is 4.49. The third kappa shape index (κ3) is 3.73. The highest BCUT2D eigenvalue weighted by atomic mass is 19.4. The molecule has 0 radical (unpaired) electrons. The monoisotopic (exact) mass is 301 g/mol. The Bertz CT molecular complexity index is 585. The Morgan fingerprint density at radius 1 is 1.33 bits per heavy atom. The van der Waals surface area contributed by atoms with Crippen molar-refractivity contribution in [2.24, 2.45) is 0 Å². The second-order valence-corrected chi connectivity index (χ2v) is 4.40. The molecule has 0 aliphatic rings. The summed E-state index contributed by atoms with van der Waals surface area (Å²) < 4.78 is 39.7. The van der Waals surface area contributed by atoms with E-state index in [-0.39, 0.29) is 12.2 Å². The van der Waals surface area contributed by atoms with E-state index in [9.17, 15) is 18.3 Å². The van der Waals surface area contributed by atoms with Crippen LogP contribution < -0.4 is 5.32 Å². The van der Waals surface area contributed by atoms with Crippen LogP contribution in [0, 0.1) is 0 Å². The summed E-state index contributed by atoms with van der Waals surface area (Å²) in [5.41, 5.74) is -0.224. The molecule has 8 heteroatoms. The van der Waals surface area contributed by atoms with Crippen LogP contribution in [0.1, 0.15) is 5.56 Å². The van der Waals surface area contributed by atoms with Gasteiger partial charge in [0.2, 0.25) is 0 Å². The summed E-state index contributed by atoms with van der Waals surface area (Å²) >= 11 is 0. The van der Waals surface area contributed by atoms with Gasteiger partial charge in [0.25, 0.3) is 0 Å². The number of aliphatic hydroxyl groups is 2. The van der Waals surface area contributed by atoms with E-state index in [4.69, 9.17) is 5.11 Å². The first-order valence-electron chi connectivity index (χ1n) is 6.16. The number of alkyl halides is 3. The fourth-order valence-electron chi connectivity index (χ4n) is 1.76. The van der Waals surface area contributed by atoms with Crippen molar-refractivity contribution >= 4 is 5.69 Å². The van der Waals surface area contributed by atoms with Gasteiger partial charge in [0.1, 0.15) is 0 Å². The van der Waals surface area contributed by atoms with E-state index in [0.29, 0.717) is 5.69 Å². The van der Waals surface area contributed by atoms with E-state index in [2.05, 4.69) is 10.4 Å². The normalized spacial score (nSPS) is 13.2. The van der Waals surface area contributed by atoms with E-state index < -0.39 is 24.5 Å². The zero-order valence-corrected chi connectivity index (χ0v) is 10.9. The van der Waals surface area contributed by atoms with Gasteiger partial charge in [0, 0.05) is 18.9 Å². The predicted octanol–water partition coefficient (Wildman–Crippen LogP) is 1.66.